The van der Waals surface area contributed by atoms with E-state index in [1.54, 1.807) is 31.4 Å². The minimum absolute atomic E-state index is 0.126. The Hall–Kier alpha value is -2.26. The third-order valence-corrected chi connectivity index (χ3v) is 3.27. The number of Topliss-reactive ketones (excluding diaryl/α,β-unsaturated/α-hetero) is 1. The summed E-state index contributed by atoms with van der Waals surface area (Å²) in [5.41, 5.74) is 2.56. The van der Waals surface area contributed by atoms with Crippen LogP contribution in [0.4, 0.5) is 5.69 Å². The first-order valence-electron chi connectivity index (χ1n) is 6.48. The van der Waals surface area contributed by atoms with Gasteiger partial charge in [-0.1, -0.05) is 29.3 Å². The van der Waals surface area contributed by atoms with E-state index in [-0.39, 0.29) is 10.8 Å². The molecule has 0 bridgehead atoms. The van der Waals surface area contributed by atoms with E-state index < -0.39 is 0 Å². The number of anilines is 1. The van der Waals surface area contributed by atoms with Crippen LogP contribution in [-0.2, 0) is 0 Å². The number of aryl methyl sites for hydroxylation is 1. The van der Waals surface area contributed by atoms with E-state index in [0.717, 1.165) is 5.69 Å². The summed E-state index contributed by atoms with van der Waals surface area (Å²) < 4.78 is 5.05. The zero-order chi connectivity index (χ0) is 15.2. The maximum absolute atomic E-state index is 12.1. The van der Waals surface area contributed by atoms with Crippen molar-refractivity contribution in [2.75, 3.05) is 12.4 Å². The van der Waals surface area contributed by atoms with Gasteiger partial charge < -0.3 is 10.1 Å². The molecule has 0 saturated carbocycles. The molecule has 0 atom stereocenters. The molecule has 0 aliphatic heterocycles. The number of allylic oxidation sites excluding steroid dienone is 1. The molecule has 4 heteroatoms. The van der Waals surface area contributed by atoms with Crippen molar-refractivity contribution >= 4 is 23.1 Å². The Kier molecular flexibility index (Phi) is 5.01. The lowest BCUT2D eigenvalue weighted by molar-refractivity contribution is 0.104. The Morgan fingerprint density at radius 1 is 1.10 bits per heavy atom. The Labute approximate surface area is 129 Å². The third-order valence-electron chi connectivity index (χ3n) is 2.99. The van der Waals surface area contributed by atoms with Crippen molar-refractivity contribution in [3.63, 3.8) is 0 Å². The number of hydrogen-bond acceptors (Lipinski definition) is 3. The summed E-state index contributed by atoms with van der Waals surface area (Å²) >= 11 is 6.04. The predicted octanol–water partition coefficient (Wildman–Crippen LogP) is 4.38. The minimum Gasteiger partial charge on any atom is -0.497 e. The molecular weight excluding hydrogens is 286 g/mol. The summed E-state index contributed by atoms with van der Waals surface area (Å²) in [6.45, 7) is 2.01. The molecule has 1 N–H and O–H groups in total. The second kappa shape index (κ2) is 6.95. The van der Waals surface area contributed by atoms with Crippen molar-refractivity contribution in [3.05, 3.63) is 70.9 Å². The fourth-order valence-electron chi connectivity index (χ4n) is 1.74. The van der Waals surface area contributed by atoms with E-state index in [0.29, 0.717) is 11.3 Å². The first-order valence-corrected chi connectivity index (χ1v) is 6.85. The van der Waals surface area contributed by atoms with Crippen LogP contribution >= 0.6 is 11.6 Å². The van der Waals surface area contributed by atoms with E-state index >= 15 is 0 Å². The highest BCUT2D eigenvalue weighted by Crippen LogP contribution is 2.17. The van der Waals surface area contributed by atoms with Gasteiger partial charge in [-0.2, -0.15) is 0 Å². The maximum Gasteiger partial charge on any atom is 0.205 e. The van der Waals surface area contributed by atoms with Gasteiger partial charge in [-0.05, 0) is 43.3 Å². The number of hydrogen-bond donors (Lipinski definition) is 1. The quantitative estimate of drug-likeness (QED) is 0.658. The van der Waals surface area contributed by atoms with Gasteiger partial charge >= 0.3 is 0 Å². The Morgan fingerprint density at radius 3 is 2.29 bits per heavy atom. The lowest BCUT2D eigenvalue weighted by atomic mass is 10.1. The molecular formula is C17H16ClNO2. The van der Waals surface area contributed by atoms with Crippen molar-refractivity contribution in [1.29, 1.82) is 0 Å². The highest BCUT2D eigenvalue weighted by atomic mass is 35.5. The van der Waals surface area contributed by atoms with Crippen molar-refractivity contribution in [2.45, 2.75) is 6.92 Å². The van der Waals surface area contributed by atoms with E-state index in [1.807, 2.05) is 31.2 Å². The number of halogens is 1. The van der Waals surface area contributed by atoms with Gasteiger partial charge in [0.2, 0.25) is 5.78 Å². The molecule has 108 valence electrons. The van der Waals surface area contributed by atoms with Crippen molar-refractivity contribution in [1.82, 2.24) is 0 Å². The summed E-state index contributed by atoms with van der Waals surface area (Å²) in [4.78, 5) is 12.1. The smallest absolute Gasteiger partial charge is 0.205 e. The number of carbonyl (C=O) groups excluding carboxylic acids is 1. The van der Waals surface area contributed by atoms with Crippen LogP contribution in [0.25, 0.3) is 0 Å². The number of rotatable bonds is 5. The molecule has 21 heavy (non-hydrogen) atoms. The number of carbonyl (C=O) groups is 1. The normalized spacial score (nSPS) is 11.1. The third kappa shape index (κ3) is 4.10. The molecule has 0 heterocycles. The molecule has 0 radical (unpaired) electrons. The number of ether oxygens (including phenoxy) is 1. The van der Waals surface area contributed by atoms with E-state index in [9.17, 15) is 4.79 Å². The van der Waals surface area contributed by atoms with Gasteiger partial charge in [0.1, 0.15) is 10.8 Å². The second-order valence-electron chi connectivity index (χ2n) is 4.56. The lowest BCUT2D eigenvalue weighted by Crippen LogP contribution is -2.01. The fraction of sp³-hybridized carbons (Fsp3) is 0.118. The molecule has 0 amide bonds. The number of benzene rings is 2. The van der Waals surface area contributed by atoms with Crippen molar-refractivity contribution in [3.8, 4) is 5.75 Å². The second-order valence-corrected chi connectivity index (χ2v) is 4.97. The largest absolute Gasteiger partial charge is 0.497 e. The molecule has 2 aromatic rings. The Bertz CT molecular complexity index is 645. The van der Waals surface area contributed by atoms with Crippen LogP contribution in [0, 0.1) is 6.92 Å². The van der Waals surface area contributed by atoms with Crippen LogP contribution < -0.4 is 10.1 Å². The van der Waals surface area contributed by atoms with Gasteiger partial charge in [0, 0.05) is 17.5 Å². The molecule has 3 nitrogen and oxygen atoms in total. The first-order chi connectivity index (χ1) is 10.1. The summed E-state index contributed by atoms with van der Waals surface area (Å²) in [7, 11) is 1.58. The fourth-order valence-corrected chi connectivity index (χ4v) is 1.91. The topological polar surface area (TPSA) is 38.3 Å². The molecule has 0 spiro atoms. The summed E-state index contributed by atoms with van der Waals surface area (Å²) in [5, 5.41) is 3.13. The number of ketones is 1. The van der Waals surface area contributed by atoms with Gasteiger partial charge in [-0.25, -0.2) is 0 Å². The predicted molar refractivity (Wildman–Crippen MR) is 86.1 cm³/mol. The average molecular weight is 302 g/mol. The van der Waals surface area contributed by atoms with Gasteiger partial charge in [0.15, 0.2) is 0 Å². The highest BCUT2D eigenvalue weighted by molar-refractivity contribution is 6.45. The maximum atomic E-state index is 12.1. The molecule has 0 fully saturated rings. The average Bonchev–Trinajstić information content (AvgIpc) is 2.53. The molecule has 0 unspecified atom stereocenters. The van der Waals surface area contributed by atoms with Crippen molar-refractivity contribution in [2.24, 2.45) is 0 Å². The molecule has 0 saturated heterocycles. The lowest BCUT2D eigenvalue weighted by Gasteiger charge is -2.04. The standard InChI is InChI=1S/C17H16ClNO2/c1-12-3-7-14(8-4-12)19-11-16(18)17(20)13-5-9-15(21-2)10-6-13/h3-11,19H,1-2H3/b16-11-. The minimum atomic E-state index is -0.237. The summed E-state index contributed by atoms with van der Waals surface area (Å²) in [6, 6.07) is 14.6. The van der Waals surface area contributed by atoms with Crippen LogP contribution in [0.2, 0.25) is 0 Å². The van der Waals surface area contributed by atoms with Crippen LogP contribution in [-0.4, -0.2) is 12.9 Å². The van der Waals surface area contributed by atoms with Gasteiger partial charge in [-0.15, -0.1) is 0 Å². The van der Waals surface area contributed by atoms with Gasteiger partial charge in [0.25, 0.3) is 0 Å². The zero-order valence-electron chi connectivity index (χ0n) is 11.9. The summed E-state index contributed by atoms with van der Waals surface area (Å²) in [5.74, 6) is 0.461. The molecule has 0 aromatic heterocycles. The molecule has 0 aliphatic rings. The van der Waals surface area contributed by atoms with Crippen LogP contribution in [0.15, 0.2) is 59.8 Å². The Morgan fingerprint density at radius 2 is 1.71 bits per heavy atom. The SMILES string of the molecule is COc1ccc(C(=O)/C(Cl)=C/Nc2ccc(C)cc2)cc1. The van der Waals surface area contributed by atoms with Crippen LogP contribution in [0.1, 0.15) is 15.9 Å². The first kappa shape index (κ1) is 15.1. The highest BCUT2D eigenvalue weighted by Gasteiger charge is 2.10. The van der Waals surface area contributed by atoms with Gasteiger partial charge in [0.05, 0.1) is 7.11 Å². The number of methoxy groups -OCH3 is 1. The molecule has 2 rings (SSSR count). The van der Waals surface area contributed by atoms with Crippen LogP contribution in [0.3, 0.4) is 0 Å². The van der Waals surface area contributed by atoms with E-state index in [4.69, 9.17) is 16.3 Å². The monoisotopic (exact) mass is 301 g/mol. The Balaban J connectivity index is 2.06. The van der Waals surface area contributed by atoms with Gasteiger partial charge in [-0.3, -0.25) is 4.79 Å². The summed E-state index contributed by atoms with van der Waals surface area (Å²) in [6.07, 6.45) is 1.50. The zero-order valence-corrected chi connectivity index (χ0v) is 12.6. The van der Waals surface area contributed by atoms with Crippen LogP contribution in [0.5, 0.6) is 5.75 Å². The van der Waals surface area contributed by atoms with Crippen molar-refractivity contribution < 1.29 is 9.53 Å². The van der Waals surface area contributed by atoms with E-state index in [1.165, 1.54) is 11.8 Å². The number of nitrogens with one attached hydrogen (secondary N) is 1. The van der Waals surface area contributed by atoms with E-state index in [2.05, 4.69) is 5.32 Å². The molecule has 0 aliphatic carbocycles. The molecule has 2 aromatic carbocycles.